The van der Waals surface area contributed by atoms with Crippen LogP contribution in [0.4, 0.5) is 19.0 Å². The maximum Gasteiger partial charge on any atom is 0.435 e. The first-order chi connectivity index (χ1) is 8.70. The highest BCUT2D eigenvalue weighted by molar-refractivity contribution is 5.76. The number of carboxylic acids is 1. The summed E-state index contributed by atoms with van der Waals surface area (Å²) in [6.45, 7) is 3.69. The number of nitrogens with one attached hydrogen (secondary N) is 1. The molecule has 1 aromatic rings. The SMILES string of the molecule is CC(C)CC(Nc1ccc(C(F)(F)F)nn1)C(=O)O. The molecule has 0 bridgehead atoms. The summed E-state index contributed by atoms with van der Waals surface area (Å²) in [6.07, 6.45) is -4.23. The first-order valence-electron chi connectivity index (χ1n) is 5.60. The summed E-state index contributed by atoms with van der Waals surface area (Å²) in [4.78, 5) is 11.0. The van der Waals surface area contributed by atoms with Gasteiger partial charge in [0, 0.05) is 0 Å². The van der Waals surface area contributed by atoms with Gasteiger partial charge in [0.15, 0.2) is 5.69 Å². The quantitative estimate of drug-likeness (QED) is 0.864. The number of alkyl halides is 3. The fourth-order valence-corrected chi connectivity index (χ4v) is 1.43. The molecule has 1 unspecified atom stereocenters. The van der Waals surface area contributed by atoms with E-state index in [0.717, 1.165) is 12.1 Å². The zero-order valence-electron chi connectivity index (χ0n) is 10.4. The predicted molar refractivity (Wildman–Crippen MR) is 61.5 cm³/mol. The Kier molecular flexibility index (Phi) is 4.68. The minimum atomic E-state index is -4.56. The molecular weight excluding hydrogens is 263 g/mol. The lowest BCUT2D eigenvalue weighted by Crippen LogP contribution is -2.31. The molecule has 1 atom stereocenters. The van der Waals surface area contributed by atoms with Crippen molar-refractivity contribution in [1.82, 2.24) is 10.2 Å². The smallest absolute Gasteiger partial charge is 0.435 e. The fourth-order valence-electron chi connectivity index (χ4n) is 1.43. The molecule has 19 heavy (non-hydrogen) atoms. The fraction of sp³-hybridized carbons (Fsp3) is 0.545. The topological polar surface area (TPSA) is 75.1 Å². The molecule has 5 nitrogen and oxygen atoms in total. The van der Waals surface area contributed by atoms with Crippen LogP contribution in [0.1, 0.15) is 26.0 Å². The van der Waals surface area contributed by atoms with Crippen molar-refractivity contribution in [3.05, 3.63) is 17.8 Å². The van der Waals surface area contributed by atoms with Gasteiger partial charge in [0.25, 0.3) is 0 Å². The Labute approximate surface area is 107 Å². The number of nitrogens with zero attached hydrogens (tertiary/aromatic N) is 2. The van der Waals surface area contributed by atoms with Gasteiger partial charge in [-0.05, 0) is 24.5 Å². The van der Waals surface area contributed by atoms with Gasteiger partial charge in [0.1, 0.15) is 11.9 Å². The molecule has 106 valence electrons. The van der Waals surface area contributed by atoms with Gasteiger partial charge in [-0.25, -0.2) is 4.79 Å². The second kappa shape index (κ2) is 5.85. The minimum absolute atomic E-state index is 0.000972. The van der Waals surface area contributed by atoms with E-state index in [1.165, 1.54) is 0 Å². The molecule has 1 heterocycles. The van der Waals surface area contributed by atoms with Gasteiger partial charge < -0.3 is 10.4 Å². The molecule has 8 heteroatoms. The van der Waals surface area contributed by atoms with Crippen LogP contribution in [0.2, 0.25) is 0 Å². The molecule has 0 fully saturated rings. The van der Waals surface area contributed by atoms with Crippen LogP contribution in [0, 0.1) is 5.92 Å². The predicted octanol–water partition coefficient (Wildman–Crippen LogP) is 2.41. The molecule has 2 N–H and O–H groups in total. The van der Waals surface area contributed by atoms with Crippen molar-refractivity contribution in [3.8, 4) is 0 Å². The van der Waals surface area contributed by atoms with Crippen LogP contribution >= 0.6 is 0 Å². The summed E-state index contributed by atoms with van der Waals surface area (Å²) in [5, 5.41) is 17.9. The largest absolute Gasteiger partial charge is 0.480 e. The lowest BCUT2D eigenvalue weighted by molar-refractivity contribution is -0.142. The first-order valence-corrected chi connectivity index (χ1v) is 5.60. The minimum Gasteiger partial charge on any atom is -0.480 e. The third-order valence-electron chi connectivity index (χ3n) is 2.28. The van der Waals surface area contributed by atoms with Crippen molar-refractivity contribution in [3.63, 3.8) is 0 Å². The molecule has 1 rings (SSSR count). The molecule has 1 aromatic heterocycles. The average Bonchev–Trinajstić information content (AvgIpc) is 2.27. The van der Waals surface area contributed by atoms with Crippen molar-refractivity contribution in [2.45, 2.75) is 32.5 Å². The Morgan fingerprint density at radius 2 is 2.00 bits per heavy atom. The zero-order valence-corrected chi connectivity index (χ0v) is 10.4. The Balaban J connectivity index is 2.78. The van der Waals surface area contributed by atoms with Crippen LogP contribution < -0.4 is 5.32 Å². The third-order valence-corrected chi connectivity index (χ3v) is 2.28. The summed E-state index contributed by atoms with van der Waals surface area (Å²) in [7, 11) is 0. The molecule has 0 amide bonds. The van der Waals surface area contributed by atoms with E-state index in [0.29, 0.717) is 6.42 Å². The number of aromatic nitrogens is 2. The summed E-state index contributed by atoms with van der Waals surface area (Å²) >= 11 is 0. The van der Waals surface area contributed by atoms with Crippen molar-refractivity contribution < 1.29 is 23.1 Å². The van der Waals surface area contributed by atoms with E-state index in [1.54, 1.807) is 0 Å². The third kappa shape index (κ3) is 4.72. The van der Waals surface area contributed by atoms with E-state index < -0.39 is 23.9 Å². The monoisotopic (exact) mass is 277 g/mol. The van der Waals surface area contributed by atoms with Crippen molar-refractivity contribution in [1.29, 1.82) is 0 Å². The van der Waals surface area contributed by atoms with Crippen molar-refractivity contribution in [2.24, 2.45) is 5.92 Å². The summed E-state index contributed by atoms with van der Waals surface area (Å²) in [5.41, 5.74) is -1.12. The number of hydrogen-bond acceptors (Lipinski definition) is 4. The molecule has 0 radical (unpaired) electrons. The van der Waals surface area contributed by atoms with Gasteiger partial charge in [-0.15, -0.1) is 10.2 Å². The van der Waals surface area contributed by atoms with Crippen LogP contribution in [0.3, 0.4) is 0 Å². The number of carboxylic acid groups (broad SMARTS) is 1. The summed E-state index contributed by atoms with van der Waals surface area (Å²) in [6, 6.07) is 0.904. The lowest BCUT2D eigenvalue weighted by Gasteiger charge is -2.16. The number of carbonyl (C=O) groups is 1. The number of rotatable bonds is 5. The van der Waals surface area contributed by atoms with Crippen LogP contribution in [0.25, 0.3) is 0 Å². The Hall–Kier alpha value is -1.86. The zero-order chi connectivity index (χ0) is 14.6. The van der Waals surface area contributed by atoms with Gasteiger partial charge >= 0.3 is 12.1 Å². The Bertz CT molecular complexity index is 432. The molecule has 0 spiro atoms. The highest BCUT2D eigenvalue weighted by Crippen LogP contribution is 2.27. The molecule has 0 saturated carbocycles. The van der Waals surface area contributed by atoms with E-state index in [-0.39, 0.29) is 11.7 Å². The van der Waals surface area contributed by atoms with Crippen molar-refractivity contribution >= 4 is 11.8 Å². The van der Waals surface area contributed by atoms with Crippen LogP contribution in [0.5, 0.6) is 0 Å². The number of aliphatic carboxylic acids is 1. The van der Waals surface area contributed by atoms with E-state index in [9.17, 15) is 18.0 Å². The van der Waals surface area contributed by atoms with E-state index >= 15 is 0 Å². The average molecular weight is 277 g/mol. The maximum atomic E-state index is 12.3. The number of hydrogen-bond donors (Lipinski definition) is 2. The van der Waals surface area contributed by atoms with E-state index in [1.807, 2.05) is 13.8 Å². The van der Waals surface area contributed by atoms with E-state index in [2.05, 4.69) is 15.5 Å². The van der Waals surface area contributed by atoms with Crippen LogP contribution in [-0.2, 0) is 11.0 Å². The first kappa shape index (κ1) is 15.2. The second-order valence-corrected chi connectivity index (χ2v) is 4.47. The molecule has 0 aliphatic rings. The van der Waals surface area contributed by atoms with Crippen LogP contribution in [0.15, 0.2) is 12.1 Å². The van der Waals surface area contributed by atoms with Crippen LogP contribution in [-0.4, -0.2) is 27.3 Å². The van der Waals surface area contributed by atoms with Gasteiger partial charge in [-0.3, -0.25) is 0 Å². The standard InChI is InChI=1S/C11H14F3N3O2/c1-6(2)5-7(10(18)19)15-9-4-3-8(16-17-9)11(12,13)14/h3-4,6-7H,5H2,1-2H3,(H,15,17)(H,18,19). The second-order valence-electron chi connectivity index (χ2n) is 4.47. The maximum absolute atomic E-state index is 12.3. The lowest BCUT2D eigenvalue weighted by atomic mass is 10.0. The Morgan fingerprint density at radius 1 is 1.37 bits per heavy atom. The summed E-state index contributed by atoms with van der Waals surface area (Å²) < 4.78 is 36.8. The normalized spacial score (nSPS) is 13.4. The van der Waals surface area contributed by atoms with Gasteiger partial charge in [-0.2, -0.15) is 13.2 Å². The molecule has 0 saturated heterocycles. The highest BCUT2D eigenvalue weighted by atomic mass is 19.4. The number of anilines is 1. The van der Waals surface area contributed by atoms with Gasteiger partial charge in [0.05, 0.1) is 0 Å². The number of halogens is 3. The van der Waals surface area contributed by atoms with Gasteiger partial charge in [-0.1, -0.05) is 13.8 Å². The molecule has 0 aromatic carbocycles. The molecule has 0 aliphatic carbocycles. The van der Waals surface area contributed by atoms with Gasteiger partial charge in [0.2, 0.25) is 0 Å². The van der Waals surface area contributed by atoms with E-state index in [4.69, 9.17) is 5.11 Å². The van der Waals surface area contributed by atoms with Crippen molar-refractivity contribution in [2.75, 3.05) is 5.32 Å². The summed E-state index contributed by atoms with van der Waals surface area (Å²) in [5.74, 6) is -0.965. The molecule has 0 aliphatic heterocycles. The highest BCUT2D eigenvalue weighted by Gasteiger charge is 2.33. The molecular formula is C11H14F3N3O2. The Morgan fingerprint density at radius 3 is 2.37 bits per heavy atom.